The Bertz CT molecular complexity index is 812. The van der Waals surface area contributed by atoms with Crippen LogP contribution in [0.2, 0.25) is 5.02 Å². The number of benzene rings is 1. The van der Waals surface area contributed by atoms with Crippen molar-refractivity contribution in [3.8, 4) is 11.1 Å². The molecule has 1 aromatic carbocycles. The number of nitrogens with zero attached hydrogens (tertiary/aromatic N) is 3. The van der Waals surface area contributed by atoms with Gasteiger partial charge in [-0.05, 0) is 30.2 Å². The van der Waals surface area contributed by atoms with E-state index in [0.29, 0.717) is 28.5 Å². The molecule has 140 valence electrons. The zero-order valence-corrected chi connectivity index (χ0v) is 16.8. The van der Waals surface area contributed by atoms with Crippen LogP contribution in [0.3, 0.4) is 0 Å². The van der Waals surface area contributed by atoms with Gasteiger partial charge in [0.1, 0.15) is 0 Å². The minimum absolute atomic E-state index is 0.197. The summed E-state index contributed by atoms with van der Waals surface area (Å²) in [6.07, 6.45) is 4.33. The highest BCUT2D eigenvalue weighted by Crippen LogP contribution is 2.28. The van der Waals surface area contributed by atoms with E-state index in [1.807, 2.05) is 46.8 Å². The number of carbonyl (C=O) groups excluding carboxylic acids is 1. The third kappa shape index (κ3) is 5.05. The fourth-order valence-corrected chi connectivity index (χ4v) is 2.38. The van der Waals surface area contributed by atoms with Gasteiger partial charge in [0.25, 0.3) is 5.91 Å². The number of hydrogen-bond donors (Lipinski definition) is 1. The molecule has 5 nitrogen and oxygen atoms in total. The summed E-state index contributed by atoms with van der Waals surface area (Å²) >= 11 is 5.95. The molecule has 0 fully saturated rings. The van der Waals surface area contributed by atoms with Gasteiger partial charge in [0.05, 0.1) is 5.56 Å². The molecule has 0 unspecified atom stereocenters. The molecular weight excluding hydrogens is 348 g/mol. The number of halogens is 1. The molecule has 0 aliphatic carbocycles. The van der Waals surface area contributed by atoms with Gasteiger partial charge in [0.15, 0.2) is 11.3 Å². The second-order valence-electron chi connectivity index (χ2n) is 4.87. The molecule has 0 aliphatic rings. The van der Waals surface area contributed by atoms with Crippen LogP contribution in [0.25, 0.3) is 16.8 Å². The lowest BCUT2D eigenvalue weighted by atomic mass is 10.1. The second-order valence-corrected chi connectivity index (χ2v) is 5.31. The minimum Gasteiger partial charge on any atom is -0.351 e. The Balaban J connectivity index is 0.000000791. The van der Waals surface area contributed by atoms with Crippen molar-refractivity contribution in [2.45, 2.75) is 41.0 Å². The molecular formula is C20H27ClN4O. The van der Waals surface area contributed by atoms with Crippen molar-refractivity contribution < 1.29 is 4.79 Å². The molecule has 26 heavy (non-hydrogen) atoms. The molecule has 0 aliphatic heterocycles. The van der Waals surface area contributed by atoms with Gasteiger partial charge in [-0.2, -0.15) is 5.10 Å². The highest BCUT2D eigenvalue weighted by molar-refractivity contribution is 6.30. The van der Waals surface area contributed by atoms with Crippen LogP contribution in [-0.2, 0) is 0 Å². The maximum Gasteiger partial charge on any atom is 0.272 e. The molecule has 0 saturated carbocycles. The van der Waals surface area contributed by atoms with Crippen LogP contribution >= 0.6 is 11.6 Å². The van der Waals surface area contributed by atoms with Crippen LogP contribution in [0.15, 0.2) is 42.7 Å². The number of hydrogen-bond acceptors (Lipinski definition) is 3. The fraction of sp³-hybridized carbons (Fsp3) is 0.350. The van der Waals surface area contributed by atoms with E-state index in [1.54, 1.807) is 35.1 Å². The number of carbonyl (C=O) groups is 1. The van der Waals surface area contributed by atoms with Crippen LogP contribution in [0.4, 0.5) is 0 Å². The average Bonchev–Trinajstić information content (AvgIpc) is 3.09. The molecule has 0 atom stereocenters. The Labute approximate surface area is 160 Å². The predicted molar refractivity (Wildman–Crippen MR) is 109 cm³/mol. The molecule has 0 saturated heterocycles. The van der Waals surface area contributed by atoms with Crippen molar-refractivity contribution in [3.63, 3.8) is 0 Å². The largest absolute Gasteiger partial charge is 0.351 e. The first-order valence-electron chi connectivity index (χ1n) is 9.08. The second kappa shape index (κ2) is 11.3. The summed E-state index contributed by atoms with van der Waals surface area (Å²) < 4.78 is 1.62. The van der Waals surface area contributed by atoms with Gasteiger partial charge in [-0.15, -0.1) is 0 Å². The molecule has 1 N–H and O–H groups in total. The summed E-state index contributed by atoms with van der Waals surface area (Å²) in [5, 5.41) is 7.88. The van der Waals surface area contributed by atoms with Crippen LogP contribution < -0.4 is 5.32 Å². The van der Waals surface area contributed by atoms with E-state index in [1.165, 1.54) is 0 Å². The van der Waals surface area contributed by atoms with Crippen LogP contribution in [0, 0.1) is 0 Å². The SMILES string of the molecule is CC.CC.CCCNC(=O)c1nn2cccnc2c1-c1ccc(Cl)cc1. The zero-order chi connectivity index (χ0) is 19.5. The van der Waals surface area contributed by atoms with E-state index in [0.717, 1.165) is 12.0 Å². The van der Waals surface area contributed by atoms with E-state index in [2.05, 4.69) is 15.4 Å². The first-order valence-corrected chi connectivity index (χ1v) is 9.46. The molecule has 6 heteroatoms. The maximum atomic E-state index is 12.4. The number of nitrogens with one attached hydrogen (secondary N) is 1. The first-order chi connectivity index (χ1) is 12.7. The van der Waals surface area contributed by atoms with Crippen molar-refractivity contribution in [1.29, 1.82) is 0 Å². The Hall–Kier alpha value is -2.40. The number of fused-ring (bicyclic) bond motifs is 1. The lowest BCUT2D eigenvalue weighted by Crippen LogP contribution is -2.25. The van der Waals surface area contributed by atoms with E-state index in [-0.39, 0.29) is 5.91 Å². The first kappa shape index (κ1) is 21.6. The number of rotatable bonds is 4. The van der Waals surface area contributed by atoms with Crippen LogP contribution in [0.1, 0.15) is 51.5 Å². The zero-order valence-electron chi connectivity index (χ0n) is 16.1. The van der Waals surface area contributed by atoms with Crippen molar-refractivity contribution in [3.05, 3.63) is 53.4 Å². The van der Waals surface area contributed by atoms with Gasteiger partial charge in [-0.1, -0.05) is 58.4 Å². The van der Waals surface area contributed by atoms with E-state index >= 15 is 0 Å². The molecule has 2 heterocycles. The normalized spacial score (nSPS) is 9.62. The predicted octanol–water partition coefficient (Wildman–Crippen LogP) is 5.24. The third-order valence-corrected chi connectivity index (χ3v) is 3.53. The van der Waals surface area contributed by atoms with Crippen molar-refractivity contribution >= 4 is 23.2 Å². The number of aromatic nitrogens is 3. The summed E-state index contributed by atoms with van der Waals surface area (Å²) in [7, 11) is 0. The van der Waals surface area contributed by atoms with Crippen LogP contribution in [-0.4, -0.2) is 27.0 Å². The lowest BCUT2D eigenvalue weighted by molar-refractivity contribution is 0.0949. The highest BCUT2D eigenvalue weighted by Gasteiger charge is 2.21. The topological polar surface area (TPSA) is 59.3 Å². The van der Waals surface area contributed by atoms with Gasteiger partial charge in [-0.3, -0.25) is 4.79 Å². The highest BCUT2D eigenvalue weighted by atomic mass is 35.5. The summed E-state index contributed by atoms with van der Waals surface area (Å²) in [5.41, 5.74) is 2.59. The Morgan fingerprint density at radius 3 is 2.42 bits per heavy atom. The molecule has 3 aromatic rings. The van der Waals surface area contributed by atoms with Crippen molar-refractivity contribution in [1.82, 2.24) is 19.9 Å². The Morgan fingerprint density at radius 2 is 1.81 bits per heavy atom. The Morgan fingerprint density at radius 1 is 1.15 bits per heavy atom. The molecule has 2 aromatic heterocycles. The van der Waals surface area contributed by atoms with E-state index in [4.69, 9.17) is 11.6 Å². The number of amides is 1. The molecule has 0 radical (unpaired) electrons. The molecule has 3 rings (SSSR count). The summed E-state index contributed by atoms with van der Waals surface area (Å²) in [4.78, 5) is 16.7. The standard InChI is InChI=1S/C16H15ClN4O.2C2H6/c1-2-8-19-16(22)14-13(11-4-6-12(17)7-5-11)15-18-9-3-10-21(15)20-14;2*1-2/h3-7,9-10H,2,8H2,1H3,(H,19,22);2*1-2H3. The Kier molecular flexibility index (Phi) is 9.37. The van der Waals surface area contributed by atoms with E-state index < -0.39 is 0 Å². The van der Waals surface area contributed by atoms with Gasteiger partial charge in [0, 0.05) is 24.0 Å². The van der Waals surface area contributed by atoms with Crippen molar-refractivity contribution in [2.75, 3.05) is 6.54 Å². The van der Waals surface area contributed by atoms with Gasteiger partial charge >= 0.3 is 0 Å². The molecule has 0 bridgehead atoms. The minimum atomic E-state index is -0.197. The average molecular weight is 375 g/mol. The third-order valence-electron chi connectivity index (χ3n) is 3.28. The summed E-state index contributed by atoms with van der Waals surface area (Å²) in [5.74, 6) is -0.197. The van der Waals surface area contributed by atoms with Gasteiger partial charge in [0.2, 0.25) is 0 Å². The van der Waals surface area contributed by atoms with Crippen molar-refractivity contribution in [2.24, 2.45) is 0 Å². The maximum absolute atomic E-state index is 12.4. The summed E-state index contributed by atoms with van der Waals surface area (Å²) in [6, 6.07) is 9.09. The lowest BCUT2D eigenvalue weighted by Gasteiger charge is -2.04. The quantitative estimate of drug-likeness (QED) is 0.679. The van der Waals surface area contributed by atoms with E-state index in [9.17, 15) is 4.79 Å². The molecule has 0 spiro atoms. The van der Waals surface area contributed by atoms with Crippen LogP contribution in [0.5, 0.6) is 0 Å². The fourth-order valence-electron chi connectivity index (χ4n) is 2.25. The molecule has 1 amide bonds. The van der Waals surface area contributed by atoms with Gasteiger partial charge < -0.3 is 5.32 Å². The summed E-state index contributed by atoms with van der Waals surface area (Å²) in [6.45, 7) is 10.6. The monoisotopic (exact) mass is 374 g/mol. The van der Waals surface area contributed by atoms with Gasteiger partial charge in [-0.25, -0.2) is 9.50 Å². The smallest absolute Gasteiger partial charge is 0.272 e.